The first kappa shape index (κ1) is 26.3. The van der Waals surface area contributed by atoms with Crippen LogP contribution in [0.1, 0.15) is 15.9 Å². The Labute approximate surface area is 238 Å². The molecule has 8 nitrogen and oxygen atoms in total. The van der Waals surface area contributed by atoms with Crippen molar-refractivity contribution in [3.8, 4) is 0 Å². The van der Waals surface area contributed by atoms with Crippen molar-refractivity contribution in [1.29, 1.82) is 0 Å². The molecule has 10 heteroatoms. The number of allylic oxidation sites excluding steroid dienone is 2. The molecule has 2 fully saturated rings. The molecule has 1 aliphatic carbocycles. The third-order valence-corrected chi connectivity index (χ3v) is 8.06. The fraction of sp³-hybridized carbons (Fsp3) is 0.333. The van der Waals surface area contributed by atoms with E-state index in [1.807, 2.05) is 35.3 Å². The number of morpholine rings is 1. The quantitative estimate of drug-likeness (QED) is 0.524. The minimum atomic E-state index is -0.469. The first-order valence-electron chi connectivity index (χ1n) is 13.5. The van der Waals surface area contributed by atoms with Crippen LogP contribution in [-0.2, 0) is 16.1 Å². The standard InChI is InChI=1S/C30H30FN5O3S/c31-23-5-7-24(8-6-23)33-11-13-35(14-12-33)28(37)22-3-1-21(2-4-22)20-36-29(38)26-19-25(34-15-17-39-18-16-34)9-10-27(26)32-30(36)40/h1-10,19,26H,11-18,20H2. The number of anilines is 1. The predicted octanol–water partition coefficient (Wildman–Crippen LogP) is 3.26. The summed E-state index contributed by atoms with van der Waals surface area (Å²) in [5, 5.41) is 0.253. The lowest BCUT2D eigenvalue weighted by molar-refractivity contribution is -0.129. The molecule has 0 saturated carbocycles. The second-order valence-corrected chi connectivity index (χ2v) is 10.6. The van der Waals surface area contributed by atoms with Crippen LogP contribution < -0.4 is 4.90 Å². The fourth-order valence-corrected chi connectivity index (χ4v) is 5.70. The largest absolute Gasteiger partial charge is 0.378 e. The van der Waals surface area contributed by atoms with E-state index in [9.17, 15) is 14.0 Å². The molecule has 3 aliphatic heterocycles. The van der Waals surface area contributed by atoms with Gasteiger partial charge in [-0.25, -0.2) is 9.38 Å². The molecule has 3 heterocycles. The van der Waals surface area contributed by atoms with Gasteiger partial charge in [0, 0.05) is 56.2 Å². The zero-order chi connectivity index (χ0) is 27.6. The second kappa shape index (κ2) is 11.3. The molecular formula is C30H30FN5O3S. The Morgan fingerprint density at radius 3 is 2.33 bits per heavy atom. The number of hydrogen-bond acceptors (Lipinski definition) is 6. The Hall–Kier alpha value is -3.89. The Bertz CT molecular complexity index is 1390. The van der Waals surface area contributed by atoms with Crippen LogP contribution in [0.3, 0.4) is 0 Å². The van der Waals surface area contributed by atoms with E-state index >= 15 is 0 Å². The summed E-state index contributed by atoms with van der Waals surface area (Å²) in [6.45, 7) is 5.77. The SMILES string of the molecule is O=C(c1ccc(CN2C(=O)C3C=C(N4CCOCC4)C=CC3=NC2=S)cc1)N1CCN(c2ccc(F)cc2)CC1. The number of carbonyl (C=O) groups excluding carboxylic acids is 2. The van der Waals surface area contributed by atoms with Gasteiger partial charge in [-0.2, -0.15) is 0 Å². The smallest absolute Gasteiger partial charge is 0.253 e. The highest BCUT2D eigenvalue weighted by molar-refractivity contribution is 7.80. The molecule has 4 aliphatic rings. The van der Waals surface area contributed by atoms with Gasteiger partial charge in [-0.1, -0.05) is 12.1 Å². The number of nitrogens with zero attached hydrogens (tertiary/aromatic N) is 5. The van der Waals surface area contributed by atoms with Crippen LogP contribution >= 0.6 is 12.2 Å². The van der Waals surface area contributed by atoms with Crippen molar-refractivity contribution in [3.63, 3.8) is 0 Å². The number of benzene rings is 2. The number of amides is 2. The molecule has 0 N–H and O–H groups in total. The molecule has 40 heavy (non-hydrogen) atoms. The highest BCUT2D eigenvalue weighted by Gasteiger charge is 2.35. The Kier molecular flexibility index (Phi) is 7.44. The first-order valence-corrected chi connectivity index (χ1v) is 13.9. The lowest BCUT2D eigenvalue weighted by Gasteiger charge is -2.36. The molecule has 0 aromatic heterocycles. The van der Waals surface area contributed by atoms with Crippen LogP contribution in [0.5, 0.6) is 0 Å². The molecule has 1 atom stereocenters. The summed E-state index contributed by atoms with van der Waals surface area (Å²) in [4.78, 5) is 38.9. The number of fused-ring (bicyclic) bond motifs is 1. The molecule has 6 rings (SSSR count). The summed E-state index contributed by atoms with van der Waals surface area (Å²) >= 11 is 5.48. The fourth-order valence-electron chi connectivity index (χ4n) is 5.44. The number of ether oxygens (including phenoxy) is 1. The van der Waals surface area contributed by atoms with Crippen LogP contribution in [0.15, 0.2) is 77.4 Å². The number of aliphatic imine (C=N–C) groups is 1. The van der Waals surface area contributed by atoms with Gasteiger partial charge >= 0.3 is 0 Å². The third-order valence-electron chi connectivity index (χ3n) is 7.75. The molecule has 2 aromatic carbocycles. The Morgan fingerprint density at radius 1 is 0.925 bits per heavy atom. The minimum absolute atomic E-state index is 0.0288. The van der Waals surface area contributed by atoms with Crippen LogP contribution in [0, 0.1) is 11.7 Å². The Balaban J connectivity index is 1.08. The van der Waals surface area contributed by atoms with Crippen molar-refractivity contribution >= 4 is 40.5 Å². The van der Waals surface area contributed by atoms with Gasteiger partial charge < -0.3 is 19.4 Å². The number of piperazine rings is 1. The maximum Gasteiger partial charge on any atom is 0.253 e. The van der Waals surface area contributed by atoms with Crippen LogP contribution in [-0.4, -0.2) is 89.8 Å². The van der Waals surface area contributed by atoms with Gasteiger partial charge in [0.05, 0.1) is 25.5 Å². The van der Waals surface area contributed by atoms with Crippen molar-refractivity contribution < 1.29 is 18.7 Å². The predicted molar refractivity (Wildman–Crippen MR) is 155 cm³/mol. The van der Waals surface area contributed by atoms with Crippen LogP contribution in [0.4, 0.5) is 10.1 Å². The number of carbonyl (C=O) groups is 2. The van der Waals surface area contributed by atoms with E-state index in [1.165, 1.54) is 12.1 Å². The molecule has 2 aromatic rings. The maximum atomic E-state index is 13.5. The normalized spacial score (nSPS) is 21.3. The number of hydrogen-bond donors (Lipinski definition) is 0. The number of thiocarbonyl (C=S) groups is 1. The highest BCUT2D eigenvalue weighted by atomic mass is 32.1. The minimum Gasteiger partial charge on any atom is -0.378 e. The van der Waals surface area contributed by atoms with E-state index in [4.69, 9.17) is 17.0 Å². The van der Waals surface area contributed by atoms with Gasteiger partial charge in [0.25, 0.3) is 5.91 Å². The van der Waals surface area contributed by atoms with E-state index < -0.39 is 5.92 Å². The van der Waals surface area contributed by atoms with E-state index in [0.717, 1.165) is 30.0 Å². The van der Waals surface area contributed by atoms with E-state index in [-0.39, 0.29) is 22.7 Å². The van der Waals surface area contributed by atoms with Gasteiger partial charge in [0.2, 0.25) is 11.0 Å². The summed E-state index contributed by atoms with van der Waals surface area (Å²) in [6, 6.07) is 13.8. The van der Waals surface area contributed by atoms with Gasteiger partial charge in [-0.3, -0.25) is 14.5 Å². The van der Waals surface area contributed by atoms with Crippen LogP contribution in [0.2, 0.25) is 0 Å². The van der Waals surface area contributed by atoms with Gasteiger partial charge in [0.1, 0.15) is 11.7 Å². The van der Waals surface area contributed by atoms with Gasteiger partial charge in [-0.15, -0.1) is 0 Å². The molecule has 0 bridgehead atoms. The summed E-state index contributed by atoms with van der Waals surface area (Å²) in [7, 11) is 0. The number of halogens is 1. The lowest BCUT2D eigenvalue weighted by Crippen LogP contribution is -2.48. The van der Waals surface area contributed by atoms with Crippen molar-refractivity contribution in [2.45, 2.75) is 6.54 Å². The molecular weight excluding hydrogens is 529 g/mol. The summed E-state index contributed by atoms with van der Waals surface area (Å²) < 4.78 is 18.7. The van der Waals surface area contributed by atoms with Crippen molar-refractivity contribution in [1.82, 2.24) is 14.7 Å². The van der Waals surface area contributed by atoms with E-state index in [0.29, 0.717) is 57.2 Å². The molecule has 1 unspecified atom stereocenters. The summed E-state index contributed by atoms with van der Waals surface area (Å²) in [5.74, 6) is -0.849. The molecule has 0 spiro atoms. The average Bonchev–Trinajstić information content (AvgIpc) is 3.00. The summed E-state index contributed by atoms with van der Waals surface area (Å²) in [6.07, 6.45) is 5.85. The van der Waals surface area contributed by atoms with Gasteiger partial charge in [-0.05, 0) is 72.4 Å². The summed E-state index contributed by atoms with van der Waals surface area (Å²) in [5.41, 5.74) is 4.10. The van der Waals surface area contributed by atoms with Gasteiger partial charge in [0.15, 0.2) is 0 Å². The number of rotatable bonds is 5. The average molecular weight is 560 g/mol. The van der Waals surface area contributed by atoms with Crippen molar-refractivity contribution in [3.05, 3.63) is 89.4 Å². The zero-order valence-electron chi connectivity index (χ0n) is 22.0. The maximum absolute atomic E-state index is 13.5. The first-order chi connectivity index (χ1) is 19.5. The van der Waals surface area contributed by atoms with Crippen LogP contribution in [0.25, 0.3) is 0 Å². The van der Waals surface area contributed by atoms with E-state index in [1.54, 1.807) is 29.2 Å². The Morgan fingerprint density at radius 2 is 1.62 bits per heavy atom. The zero-order valence-corrected chi connectivity index (χ0v) is 22.9. The molecule has 2 saturated heterocycles. The molecule has 2 amide bonds. The highest BCUT2D eigenvalue weighted by Crippen LogP contribution is 2.26. The topological polar surface area (TPSA) is 68.7 Å². The van der Waals surface area contributed by atoms with Crippen molar-refractivity contribution in [2.75, 3.05) is 57.4 Å². The lowest BCUT2D eigenvalue weighted by atomic mass is 9.93. The monoisotopic (exact) mass is 559 g/mol. The molecule has 206 valence electrons. The van der Waals surface area contributed by atoms with E-state index in [2.05, 4.69) is 14.8 Å². The second-order valence-electron chi connectivity index (χ2n) is 10.2. The molecule has 0 radical (unpaired) electrons. The van der Waals surface area contributed by atoms with Crippen molar-refractivity contribution in [2.24, 2.45) is 10.9 Å². The third kappa shape index (κ3) is 5.41.